The Hall–Kier alpha value is -1.02. The van der Waals surface area contributed by atoms with Gasteiger partial charge in [-0.2, -0.15) is 21.7 Å². The van der Waals surface area contributed by atoms with E-state index in [1.54, 1.807) is 6.33 Å². The Morgan fingerprint density at radius 1 is 1.53 bits per heavy atom. The van der Waals surface area contributed by atoms with Gasteiger partial charge in [-0.1, -0.05) is 15.9 Å². The molecule has 19 heavy (non-hydrogen) atoms. The third-order valence-corrected chi connectivity index (χ3v) is 5.08. The molecule has 6 nitrogen and oxygen atoms in total. The molecule has 0 spiro atoms. The van der Waals surface area contributed by atoms with Crippen LogP contribution < -0.4 is 10.5 Å². The van der Waals surface area contributed by atoms with Gasteiger partial charge in [0, 0.05) is 10.1 Å². The first kappa shape index (κ1) is 13.0. The molecule has 2 unspecified atom stereocenters. The number of hydrogen-bond acceptors (Lipinski definition) is 6. The van der Waals surface area contributed by atoms with Gasteiger partial charge in [-0.3, -0.25) is 0 Å². The minimum Gasteiger partial charge on any atom is -0.475 e. The highest BCUT2D eigenvalue weighted by atomic mass is 79.9. The van der Waals surface area contributed by atoms with Crippen LogP contribution in [0.1, 0.15) is 12.8 Å². The molecule has 0 saturated carbocycles. The summed E-state index contributed by atoms with van der Waals surface area (Å²) in [5.74, 6) is 1.83. The van der Waals surface area contributed by atoms with Crippen LogP contribution in [0.3, 0.4) is 0 Å². The molecule has 8 heteroatoms. The van der Waals surface area contributed by atoms with Gasteiger partial charge < -0.3 is 15.5 Å². The van der Waals surface area contributed by atoms with Gasteiger partial charge in [-0.15, -0.1) is 0 Å². The predicted molar refractivity (Wildman–Crippen MR) is 79.8 cm³/mol. The summed E-state index contributed by atoms with van der Waals surface area (Å²) in [6.07, 6.45) is 3.89. The minimum atomic E-state index is 0.185. The average Bonchev–Trinajstić information content (AvgIpc) is 2.84. The van der Waals surface area contributed by atoms with Crippen LogP contribution in [-0.4, -0.2) is 42.4 Å². The number of nitrogens with zero attached hydrogens (tertiary/aromatic N) is 3. The number of anilines is 1. The van der Waals surface area contributed by atoms with Gasteiger partial charge in [-0.05, 0) is 18.6 Å². The fraction of sp³-hybridized carbons (Fsp3) is 0.545. The fourth-order valence-corrected chi connectivity index (χ4v) is 4.57. The summed E-state index contributed by atoms with van der Waals surface area (Å²) in [4.78, 5) is 15.8. The summed E-state index contributed by atoms with van der Waals surface area (Å²) in [6, 6.07) is 0. The quantitative estimate of drug-likeness (QED) is 0.828. The van der Waals surface area contributed by atoms with Crippen molar-refractivity contribution in [3.63, 3.8) is 0 Å². The summed E-state index contributed by atoms with van der Waals surface area (Å²) in [5, 5.41) is 0.479. The molecule has 0 radical (unpaired) electrons. The number of fused-ring (bicyclic) bond motifs is 1. The van der Waals surface area contributed by atoms with Crippen molar-refractivity contribution in [2.24, 2.45) is 0 Å². The lowest BCUT2D eigenvalue weighted by Crippen LogP contribution is -2.24. The summed E-state index contributed by atoms with van der Waals surface area (Å²) in [7, 11) is 0. The number of nitrogens with one attached hydrogen (secondary N) is 1. The lowest BCUT2D eigenvalue weighted by Gasteiger charge is -2.24. The topological polar surface area (TPSA) is 89.7 Å². The third kappa shape index (κ3) is 2.94. The molecule has 0 aromatic carbocycles. The molecule has 1 aliphatic rings. The van der Waals surface area contributed by atoms with E-state index < -0.39 is 0 Å². The zero-order chi connectivity index (χ0) is 13.2. The number of imidazole rings is 1. The van der Waals surface area contributed by atoms with Crippen LogP contribution in [0.4, 0.5) is 5.95 Å². The van der Waals surface area contributed by atoms with E-state index in [4.69, 9.17) is 10.5 Å². The second-order valence-corrected chi connectivity index (χ2v) is 7.12. The van der Waals surface area contributed by atoms with Gasteiger partial charge in [0.25, 0.3) is 0 Å². The molecule has 3 heterocycles. The maximum absolute atomic E-state index is 5.80. The Morgan fingerprint density at radius 2 is 2.42 bits per heavy atom. The van der Waals surface area contributed by atoms with Crippen molar-refractivity contribution in [2.75, 3.05) is 18.1 Å². The Balaban J connectivity index is 1.72. The van der Waals surface area contributed by atoms with Crippen molar-refractivity contribution < 1.29 is 4.74 Å². The number of H-pyrrole nitrogens is 1. The number of nitrogens with two attached hydrogens (primary N) is 1. The smallest absolute Gasteiger partial charge is 0.245 e. The number of aromatic amines is 1. The average molecular weight is 344 g/mol. The van der Waals surface area contributed by atoms with Crippen LogP contribution in [0.2, 0.25) is 0 Å². The number of alkyl halides is 1. The minimum absolute atomic E-state index is 0.185. The van der Waals surface area contributed by atoms with E-state index in [2.05, 4.69) is 35.9 Å². The maximum atomic E-state index is 5.80. The van der Waals surface area contributed by atoms with Gasteiger partial charge >= 0.3 is 0 Å². The standard InChI is InChI=1S/C11H14BrN5OS/c12-6-1-2-19-7(3-6)4-18-10-8-9(15-5-14-8)16-11(13)17-10/h5-7H,1-4H2,(H3,13,14,15,16,17). The van der Waals surface area contributed by atoms with Gasteiger partial charge in [0.15, 0.2) is 5.65 Å². The van der Waals surface area contributed by atoms with Gasteiger partial charge in [0.1, 0.15) is 12.1 Å². The molecule has 3 rings (SSSR count). The maximum Gasteiger partial charge on any atom is 0.245 e. The van der Waals surface area contributed by atoms with Crippen molar-refractivity contribution in [3.8, 4) is 5.88 Å². The van der Waals surface area contributed by atoms with Crippen molar-refractivity contribution >= 4 is 44.8 Å². The lowest BCUT2D eigenvalue weighted by molar-refractivity contribution is 0.302. The predicted octanol–water partition coefficient (Wildman–Crippen LogP) is 1.97. The number of rotatable bonds is 3. The zero-order valence-electron chi connectivity index (χ0n) is 10.2. The molecule has 102 valence electrons. The van der Waals surface area contributed by atoms with Crippen LogP contribution in [0.15, 0.2) is 6.33 Å². The lowest BCUT2D eigenvalue weighted by atomic mass is 10.2. The summed E-state index contributed by atoms with van der Waals surface area (Å²) in [6.45, 7) is 0.622. The Labute approximate surface area is 123 Å². The molecule has 2 atom stereocenters. The number of ether oxygens (including phenoxy) is 1. The highest BCUT2D eigenvalue weighted by Crippen LogP contribution is 2.30. The highest BCUT2D eigenvalue weighted by Gasteiger charge is 2.21. The van der Waals surface area contributed by atoms with Crippen molar-refractivity contribution in [3.05, 3.63) is 6.33 Å². The van der Waals surface area contributed by atoms with Crippen LogP contribution in [-0.2, 0) is 0 Å². The summed E-state index contributed by atoms with van der Waals surface area (Å²) in [5.41, 5.74) is 6.88. The number of hydrogen-bond donors (Lipinski definition) is 2. The van der Waals surface area contributed by atoms with Gasteiger partial charge in [-0.25, -0.2) is 4.98 Å². The Bertz CT molecular complexity index is 577. The normalized spacial score (nSPS) is 23.6. The first-order valence-electron chi connectivity index (χ1n) is 6.07. The SMILES string of the molecule is Nc1nc(OCC2CC(Br)CCS2)c2[nH]cnc2n1. The van der Waals surface area contributed by atoms with E-state index in [-0.39, 0.29) is 5.95 Å². The third-order valence-electron chi connectivity index (χ3n) is 2.98. The van der Waals surface area contributed by atoms with E-state index in [0.29, 0.717) is 33.7 Å². The first-order chi connectivity index (χ1) is 9.22. The van der Waals surface area contributed by atoms with Crippen molar-refractivity contribution in [1.29, 1.82) is 0 Å². The van der Waals surface area contributed by atoms with E-state index >= 15 is 0 Å². The van der Waals surface area contributed by atoms with E-state index in [0.717, 1.165) is 12.2 Å². The molecule has 0 bridgehead atoms. The first-order valence-corrected chi connectivity index (χ1v) is 8.04. The molecular formula is C11H14BrN5OS. The zero-order valence-corrected chi connectivity index (χ0v) is 12.6. The van der Waals surface area contributed by atoms with Crippen LogP contribution >= 0.6 is 27.7 Å². The molecule has 1 aliphatic heterocycles. The monoisotopic (exact) mass is 343 g/mol. The fourth-order valence-electron chi connectivity index (χ4n) is 2.05. The summed E-state index contributed by atoms with van der Waals surface area (Å²) >= 11 is 5.61. The highest BCUT2D eigenvalue weighted by molar-refractivity contribution is 9.09. The number of nitrogen functional groups attached to an aromatic ring is 1. The molecule has 2 aromatic rings. The molecule has 2 aromatic heterocycles. The van der Waals surface area contributed by atoms with Gasteiger partial charge in [0.05, 0.1) is 6.33 Å². The van der Waals surface area contributed by atoms with E-state index in [1.165, 1.54) is 6.42 Å². The van der Waals surface area contributed by atoms with E-state index in [1.807, 2.05) is 11.8 Å². The summed E-state index contributed by atoms with van der Waals surface area (Å²) < 4.78 is 5.80. The number of aromatic nitrogens is 4. The second kappa shape index (κ2) is 5.54. The molecule has 1 fully saturated rings. The van der Waals surface area contributed by atoms with Crippen LogP contribution in [0.5, 0.6) is 5.88 Å². The number of halogens is 1. The van der Waals surface area contributed by atoms with E-state index in [9.17, 15) is 0 Å². The molecule has 1 saturated heterocycles. The van der Waals surface area contributed by atoms with Crippen molar-refractivity contribution in [2.45, 2.75) is 22.9 Å². The Morgan fingerprint density at radius 3 is 3.26 bits per heavy atom. The second-order valence-electron chi connectivity index (χ2n) is 4.41. The van der Waals surface area contributed by atoms with Crippen LogP contribution in [0, 0.1) is 0 Å². The Kier molecular flexibility index (Phi) is 3.79. The van der Waals surface area contributed by atoms with Crippen LogP contribution in [0.25, 0.3) is 11.2 Å². The molecular weight excluding hydrogens is 330 g/mol. The molecule has 0 amide bonds. The molecule has 3 N–H and O–H groups in total. The molecule has 0 aliphatic carbocycles. The largest absolute Gasteiger partial charge is 0.475 e. The number of thioether (sulfide) groups is 1. The van der Waals surface area contributed by atoms with Crippen molar-refractivity contribution in [1.82, 2.24) is 19.9 Å². The van der Waals surface area contributed by atoms with Gasteiger partial charge in [0.2, 0.25) is 11.8 Å².